The molecule has 0 bridgehead atoms. The van der Waals surface area contributed by atoms with Gasteiger partial charge in [-0.25, -0.2) is 0 Å². The Bertz CT molecular complexity index is 861. The zero-order chi connectivity index (χ0) is 21.2. The summed E-state index contributed by atoms with van der Waals surface area (Å²) in [5.74, 6) is -1.15. The molecule has 4 nitrogen and oxygen atoms in total. The Balaban J connectivity index is 1.78. The SMILES string of the molecule is CCO[C@H](c1ccc(OC2CCc3c2cccc3C(F)(F)F)cc1)C(C)C(=O)O. The molecular weight excluding hydrogens is 385 g/mol. The van der Waals surface area contributed by atoms with E-state index in [1.165, 1.54) is 6.07 Å². The van der Waals surface area contributed by atoms with Crippen LogP contribution in [0.1, 0.15) is 54.7 Å². The van der Waals surface area contributed by atoms with Crippen LogP contribution in [-0.2, 0) is 22.1 Å². The third-order valence-corrected chi connectivity index (χ3v) is 5.20. The molecule has 0 saturated carbocycles. The van der Waals surface area contributed by atoms with Crippen LogP contribution in [0.3, 0.4) is 0 Å². The van der Waals surface area contributed by atoms with Gasteiger partial charge in [0, 0.05) is 6.61 Å². The molecule has 0 heterocycles. The summed E-state index contributed by atoms with van der Waals surface area (Å²) < 4.78 is 51.2. The molecule has 2 aromatic rings. The lowest BCUT2D eigenvalue weighted by Crippen LogP contribution is -2.21. The van der Waals surface area contributed by atoms with Crippen LogP contribution in [0.25, 0.3) is 0 Å². The highest BCUT2D eigenvalue weighted by molar-refractivity contribution is 5.70. The first kappa shape index (κ1) is 21.2. The number of aliphatic carboxylic acids is 1. The van der Waals surface area contributed by atoms with Gasteiger partial charge in [-0.15, -0.1) is 0 Å². The van der Waals surface area contributed by atoms with E-state index in [1.54, 1.807) is 44.2 Å². The molecule has 0 aromatic heterocycles. The molecule has 0 radical (unpaired) electrons. The Morgan fingerprint density at radius 2 is 1.90 bits per heavy atom. The number of rotatable bonds is 7. The topological polar surface area (TPSA) is 55.8 Å². The molecule has 156 valence electrons. The Morgan fingerprint density at radius 3 is 2.48 bits per heavy atom. The number of hydrogen-bond donors (Lipinski definition) is 1. The fourth-order valence-electron chi connectivity index (χ4n) is 3.74. The Morgan fingerprint density at radius 1 is 1.21 bits per heavy atom. The second kappa shape index (κ2) is 8.45. The number of carbonyl (C=O) groups is 1. The summed E-state index contributed by atoms with van der Waals surface area (Å²) in [4.78, 5) is 11.3. The molecule has 1 aliphatic rings. The molecule has 7 heteroatoms. The third-order valence-electron chi connectivity index (χ3n) is 5.20. The van der Waals surface area contributed by atoms with Crippen LogP contribution in [-0.4, -0.2) is 17.7 Å². The fraction of sp³-hybridized carbons (Fsp3) is 0.409. The van der Waals surface area contributed by atoms with E-state index in [0.29, 0.717) is 41.9 Å². The molecule has 0 fully saturated rings. The lowest BCUT2D eigenvalue weighted by atomic mass is 9.97. The fourth-order valence-corrected chi connectivity index (χ4v) is 3.74. The zero-order valence-electron chi connectivity index (χ0n) is 16.2. The number of benzene rings is 2. The monoisotopic (exact) mass is 408 g/mol. The van der Waals surface area contributed by atoms with E-state index in [-0.39, 0.29) is 0 Å². The average Bonchev–Trinajstić information content (AvgIpc) is 3.08. The van der Waals surface area contributed by atoms with Gasteiger partial charge in [-0.1, -0.05) is 24.3 Å². The van der Waals surface area contributed by atoms with Crippen LogP contribution >= 0.6 is 0 Å². The molecule has 0 aliphatic heterocycles. The minimum atomic E-state index is -4.38. The zero-order valence-corrected chi connectivity index (χ0v) is 16.2. The van der Waals surface area contributed by atoms with Crippen LogP contribution in [0.2, 0.25) is 0 Å². The van der Waals surface area contributed by atoms with Gasteiger partial charge in [0.2, 0.25) is 0 Å². The standard InChI is InChI=1S/C22H23F3O4/c1-3-28-20(13(2)21(26)27)14-7-9-15(10-8-14)29-19-12-11-16-17(19)5-4-6-18(16)22(23,24)25/h4-10,13,19-20H,3,11-12H2,1-2H3,(H,26,27)/t13?,19?,20-/m0/s1. The van der Waals surface area contributed by atoms with Crippen molar-refractivity contribution in [3.63, 3.8) is 0 Å². The van der Waals surface area contributed by atoms with E-state index < -0.39 is 35.8 Å². The minimum absolute atomic E-state index is 0.299. The lowest BCUT2D eigenvalue weighted by molar-refractivity contribution is -0.146. The van der Waals surface area contributed by atoms with E-state index in [9.17, 15) is 23.1 Å². The molecule has 29 heavy (non-hydrogen) atoms. The smallest absolute Gasteiger partial charge is 0.416 e. The van der Waals surface area contributed by atoms with Crippen molar-refractivity contribution in [3.8, 4) is 5.75 Å². The van der Waals surface area contributed by atoms with Crippen molar-refractivity contribution in [3.05, 3.63) is 64.7 Å². The van der Waals surface area contributed by atoms with Crippen LogP contribution in [0.5, 0.6) is 5.75 Å². The van der Waals surface area contributed by atoms with Gasteiger partial charge in [0.05, 0.1) is 17.6 Å². The van der Waals surface area contributed by atoms with E-state index in [0.717, 1.165) is 6.07 Å². The summed E-state index contributed by atoms with van der Waals surface area (Å²) in [6, 6.07) is 11.0. The largest absolute Gasteiger partial charge is 0.486 e. The van der Waals surface area contributed by atoms with Crippen LogP contribution in [0.4, 0.5) is 13.2 Å². The summed E-state index contributed by atoms with van der Waals surface area (Å²) in [6.07, 6.45) is -4.62. The lowest BCUT2D eigenvalue weighted by Gasteiger charge is -2.22. The Labute approximate surface area is 167 Å². The summed E-state index contributed by atoms with van der Waals surface area (Å²) in [7, 11) is 0. The molecule has 3 atom stereocenters. The van der Waals surface area contributed by atoms with Crippen LogP contribution in [0.15, 0.2) is 42.5 Å². The number of carboxylic acids is 1. The second-order valence-corrected chi connectivity index (χ2v) is 7.09. The second-order valence-electron chi connectivity index (χ2n) is 7.09. The van der Waals surface area contributed by atoms with Gasteiger partial charge in [-0.2, -0.15) is 13.2 Å². The van der Waals surface area contributed by atoms with Crippen LogP contribution < -0.4 is 4.74 Å². The predicted molar refractivity (Wildman–Crippen MR) is 101 cm³/mol. The third kappa shape index (κ3) is 4.56. The van der Waals surface area contributed by atoms with Gasteiger partial charge >= 0.3 is 12.1 Å². The first-order valence-electron chi connectivity index (χ1n) is 9.52. The van der Waals surface area contributed by atoms with Crippen molar-refractivity contribution in [2.75, 3.05) is 6.61 Å². The van der Waals surface area contributed by atoms with Gasteiger partial charge in [-0.3, -0.25) is 4.79 Å². The Hall–Kier alpha value is -2.54. The highest BCUT2D eigenvalue weighted by atomic mass is 19.4. The summed E-state index contributed by atoms with van der Waals surface area (Å²) >= 11 is 0. The summed E-state index contributed by atoms with van der Waals surface area (Å²) in [5, 5.41) is 9.27. The van der Waals surface area contributed by atoms with Crippen molar-refractivity contribution in [1.29, 1.82) is 0 Å². The van der Waals surface area contributed by atoms with E-state index in [4.69, 9.17) is 9.47 Å². The van der Waals surface area contributed by atoms with Crippen molar-refractivity contribution >= 4 is 5.97 Å². The molecule has 2 unspecified atom stereocenters. The molecule has 0 saturated heterocycles. The van der Waals surface area contributed by atoms with E-state index >= 15 is 0 Å². The predicted octanol–water partition coefficient (Wildman–Crippen LogP) is 5.57. The maximum atomic E-state index is 13.2. The number of hydrogen-bond acceptors (Lipinski definition) is 3. The minimum Gasteiger partial charge on any atom is -0.486 e. The van der Waals surface area contributed by atoms with Gasteiger partial charge < -0.3 is 14.6 Å². The molecule has 2 aromatic carbocycles. The van der Waals surface area contributed by atoms with Crippen LogP contribution in [0, 0.1) is 5.92 Å². The molecule has 0 amide bonds. The first-order valence-corrected chi connectivity index (χ1v) is 9.52. The molecule has 1 N–H and O–H groups in total. The maximum Gasteiger partial charge on any atom is 0.416 e. The maximum absolute atomic E-state index is 13.2. The van der Waals surface area contributed by atoms with Gasteiger partial charge in [0.1, 0.15) is 11.9 Å². The quantitative estimate of drug-likeness (QED) is 0.651. The van der Waals surface area contributed by atoms with Crippen molar-refractivity contribution in [2.24, 2.45) is 5.92 Å². The van der Waals surface area contributed by atoms with Crippen molar-refractivity contribution in [2.45, 2.75) is 45.1 Å². The molecule has 0 spiro atoms. The number of halogens is 3. The average molecular weight is 408 g/mol. The first-order chi connectivity index (χ1) is 13.7. The molecule has 3 rings (SSSR count). The number of ether oxygens (including phenoxy) is 2. The van der Waals surface area contributed by atoms with Gasteiger partial charge in [0.15, 0.2) is 0 Å². The van der Waals surface area contributed by atoms with E-state index in [1.807, 2.05) is 0 Å². The van der Waals surface area contributed by atoms with Gasteiger partial charge in [-0.05, 0) is 61.6 Å². The van der Waals surface area contributed by atoms with E-state index in [2.05, 4.69) is 0 Å². The number of fused-ring (bicyclic) bond motifs is 1. The normalized spacial score (nSPS) is 18.2. The number of carboxylic acid groups (broad SMARTS) is 1. The Kier molecular flexibility index (Phi) is 6.17. The van der Waals surface area contributed by atoms with Crippen molar-refractivity contribution < 1.29 is 32.5 Å². The summed E-state index contributed by atoms with van der Waals surface area (Å²) in [5.41, 5.74) is 0.975. The molecular formula is C22H23F3O4. The summed E-state index contributed by atoms with van der Waals surface area (Å²) in [6.45, 7) is 3.76. The highest BCUT2D eigenvalue weighted by Crippen LogP contribution is 2.42. The molecule has 1 aliphatic carbocycles. The number of alkyl halides is 3. The van der Waals surface area contributed by atoms with Gasteiger partial charge in [0.25, 0.3) is 0 Å². The van der Waals surface area contributed by atoms with Crippen molar-refractivity contribution in [1.82, 2.24) is 0 Å². The highest BCUT2D eigenvalue weighted by Gasteiger charge is 2.37.